The SMILES string of the molecule is COC(=O)c1ccc2[nH]cc(C3CCN(CCCN)CC3)c2c1. The molecule has 1 saturated heterocycles. The third kappa shape index (κ3) is 3.41. The third-order valence-corrected chi connectivity index (χ3v) is 4.84. The Balaban J connectivity index is 1.77. The number of methoxy groups -OCH3 is 1. The van der Waals surface area contributed by atoms with Crippen LogP contribution in [0.3, 0.4) is 0 Å². The third-order valence-electron chi connectivity index (χ3n) is 4.84. The summed E-state index contributed by atoms with van der Waals surface area (Å²) in [4.78, 5) is 17.6. The largest absolute Gasteiger partial charge is 0.465 e. The average Bonchev–Trinajstić information content (AvgIpc) is 3.02. The molecule has 0 radical (unpaired) electrons. The lowest BCUT2D eigenvalue weighted by Crippen LogP contribution is -2.34. The zero-order chi connectivity index (χ0) is 16.2. The fourth-order valence-electron chi connectivity index (χ4n) is 3.51. The number of fused-ring (bicyclic) bond motifs is 1. The van der Waals surface area contributed by atoms with Crippen LogP contribution in [0.4, 0.5) is 0 Å². The predicted octanol–water partition coefficient (Wildman–Crippen LogP) is 2.48. The number of carbonyl (C=O) groups is 1. The molecule has 1 fully saturated rings. The molecule has 124 valence electrons. The second-order valence-corrected chi connectivity index (χ2v) is 6.25. The Hall–Kier alpha value is -1.85. The number of piperidine rings is 1. The van der Waals surface area contributed by atoms with Gasteiger partial charge in [-0.2, -0.15) is 0 Å². The highest BCUT2D eigenvalue weighted by atomic mass is 16.5. The highest BCUT2D eigenvalue weighted by Crippen LogP contribution is 2.33. The van der Waals surface area contributed by atoms with Gasteiger partial charge < -0.3 is 20.4 Å². The number of hydrogen-bond acceptors (Lipinski definition) is 4. The maximum Gasteiger partial charge on any atom is 0.337 e. The van der Waals surface area contributed by atoms with E-state index in [1.54, 1.807) is 0 Å². The molecule has 23 heavy (non-hydrogen) atoms. The monoisotopic (exact) mass is 315 g/mol. The van der Waals surface area contributed by atoms with Crippen molar-refractivity contribution in [3.63, 3.8) is 0 Å². The smallest absolute Gasteiger partial charge is 0.337 e. The number of hydrogen-bond donors (Lipinski definition) is 2. The number of rotatable bonds is 5. The summed E-state index contributed by atoms with van der Waals surface area (Å²) in [5.74, 6) is 0.265. The molecule has 1 aromatic carbocycles. The lowest BCUT2D eigenvalue weighted by atomic mass is 9.89. The number of ether oxygens (including phenoxy) is 1. The van der Waals surface area contributed by atoms with Crippen LogP contribution in [-0.2, 0) is 4.74 Å². The summed E-state index contributed by atoms with van der Waals surface area (Å²) in [6.45, 7) is 4.10. The number of aromatic nitrogens is 1. The van der Waals surface area contributed by atoms with Crippen LogP contribution in [0, 0.1) is 0 Å². The van der Waals surface area contributed by atoms with Crippen molar-refractivity contribution in [2.75, 3.05) is 33.3 Å². The van der Waals surface area contributed by atoms with Crippen LogP contribution in [0.5, 0.6) is 0 Å². The molecule has 1 aliphatic rings. The van der Waals surface area contributed by atoms with E-state index in [0.717, 1.165) is 56.3 Å². The number of H-pyrrole nitrogens is 1. The van der Waals surface area contributed by atoms with E-state index in [-0.39, 0.29) is 5.97 Å². The fourth-order valence-corrected chi connectivity index (χ4v) is 3.51. The fraction of sp³-hybridized carbons (Fsp3) is 0.500. The van der Waals surface area contributed by atoms with Crippen LogP contribution in [0.1, 0.15) is 41.1 Å². The number of carbonyl (C=O) groups excluding carboxylic acids is 1. The minimum Gasteiger partial charge on any atom is -0.465 e. The summed E-state index contributed by atoms with van der Waals surface area (Å²) in [7, 11) is 1.42. The van der Waals surface area contributed by atoms with E-state index in [1.807, 2.05) is 18.2 Å². The number of nitrogens with one attached hydrogen (secondary N) is 1. The van der Waals surface area contributed by atoms with Crippen molar-refractivity contribution in [1.29, 1.82) is 0 Å². The first-order chi connectivity index (χ1) is 11.2. The maximum atomic E-state index is 11.8. The Morgan fingerprint density at radius 2 is 2.17 bits per heavy atom. The molecule has 1 aliphatic heterocycles. The zero-order valence-corrected chi connectivity index (χ0v) is 13.7. The number of nitrogens with two attached hydrogens (primary N) is 1. The van der Waals surface area contributed by atoms with Crippen molar-refractivity contribution in [1.82, 2.24) is 9.88 Å². The molecule has 0 unspecified atom stereocenters. The minimum absolute atomic E-state index is 0.282. The topological polar surface area (TPSA) is 71.4 Å². The molecular formula is C18H25N3O2. The summed E-state index contributed by atoms with van der Waals surface area (Å²) >= 11 is 0. The van der Waals surface area contributed by atoms with Gasteiger partial charge in [0.05, 0.1) is 12.7 Å². The molecule has 0 amide bonds. The summed E-state index contributed by atoms with van der Waals surface area (Å²) < 4.78 is 4.83. The Morgan fingerprint density at radius 1 is 1.39 bits per heavy atom. The van der Waals surface area contributed by atoms with E-state index in [2.05, 4.69) is 16.1 Å². The van der Waals surface area contributed by atoms with Crippen LogP contribution in [0.2, 0.25) is 0 Å². The Bertz CT molecular complexity index is 672. The summed E-state index contributed by atoms with van der Waals surface area (Å²) in [5, 5.41) is 1.15. The molecule has 0 atom stereocenters. The molecule has 0 bridgehead atoms. The van der Waals surface area contributed by atoms with Crippen molar-refractivity contribution in [3.05, 3.63) is 35.5 Å². The second kappa shape index (κ2) is 7.15. The molecule has 2 heterocycles. The van der Waals surface area contributed by atoms with E-state index in [4.69, 9.17) is 10.5 Å². The lowest BCUT2D eigenvalue weighted by molar-refractivity contribution is 0.0601. The van der Waals surface area contributed by atoms with Gasteiger partial charge >= 0.3 is 5.97 Å². The predicted molar refractivity (Wildman–Crippen MR) is 91.7 cm³/mol. The highest BCUT2D eigenvalue weighted by Gasteiger charge is 2.23. The van der Waals surface area contributed by atoms with Crippen molar-refractivity contribution >= 4 is 16.9 Å². The number of aromatic amines is 1. The van der Waals surface area contributed by atoms with Gasteiger partial charge in [-0.3, -0.25) is 0 Å². The second-order valence-electron chi connectivity index (χ2n) is 6.25. The molecule has 0 spiro atoms. The van der Waals surface area contributed by atoms with Crippen LogP contribution >= 0.6 is 0 Å². The Morgan fingerprint density at radius 3 is 2.87 bits per heavy atom. The quantitative estimate of drug-likeness (QED) is 0.832. The van der Waals surface area contributed by atoms with E-state index >= 15 is 0 Å². The number of benzene rings is 1. The van der Waals surface area contributed by atoms with E-state index < -0.39 is 0 Å². The molecular weight excluding hydrogens is 290 g/mol. The molecule has 2 aromatic rings. The molecule has 0 aliphatic carbocycles. The minimum atomic E-state index is -0.282. The number of likely N-dealkylation sites (tertiary alicyclic amines) is 1. The van der Waals surface area contributed by atoms with Gasteiger partial charge in [0.1, 0.15) is 0 Å². The van der Waals surface area contributed by atoms with Gasteiger partial charge in [0, 0.05) is 17.1 Å². The lowest BCUT2D eigenvalue weighted by Gasteiger charge is -2.31. The van der Waals surface area contributed by atoms with Gasteiger partial charge in [0.2, 0.25) is 0 Å². The molecule has 0 saturated carbocycles. The van der Waals surface area contributed by atoms with Crippen LogP contribution < -0.4 is 5.73 Å². The molecule has 5 nitrogen and oxygen atoms in total. The maximum absolute atomic E-state index is 11.8. The van der Waals surface area contributed by atoms with Gasteiger partial charge in [-0.1, -0.05) is 0 Å². The van der Waals surface area contributed by atoms with E-state index in [9.17, 15) is 4.79 Å². The summed E-state index contributed by atoms with van der Waals surface area (Å²) in [6, 6.07) is 5.72. The van der Waals surface area contributed by atoms with E-state index in [0.29, 0.717) is 11.5 Å². The highest BCUT2D eigenvalue weighted by molar-refractivity contribution is 5.95. The van der Waals surface area contributed by atoms with Crippen molar-refractivity contribution < 1.29 is 9.53 Å². The zero-order valence-electron chi connectivity index (χ0n) is 13.7. The van der Waals surface area contributed by atoms with Gasteiger partial charge in [0.25, 0.3) is 0 Å². The molecule has 1 aromatic heterocycles. The molecule has 3 N–H and O–H groups in total. The first-order valence-electron chi connectivity index (χ1n) is 8.34. The van der Waals surface area contributed by atoms with Gasteiger partial charge in [-0.25, -0.2) is 4.79 Å². The van der Waals surface area contributed by atoms with Gasteiger partial charge in [-0.05, 0) is 75.1 Å². The van der Waals surface area contributed by atoms with Gasteiger partial charge in [0.15, 0.2) is 0 Å². The van der Waals surface area contributed by atoms with Crippen molar-refractivity contribution in [2.24, 2.45) is 5.73 Å². The van der Waals surface area contributed by atoms with Gasteiger partial charge in [-0.15, -0.1) is 0 Å². The summed E-state index contributed by atoms with van der Waals surface area (Å²) in [5.41, 5.74) is 8.61. The first-order valence-corrected chi connectivity index (χ1v) is 8.34. The Labute approximate surface area is 136 Å². The normalized spacial score (nSPS) is 16.8. The van der Waals surface area contributed by atoms with Crippen molar-refractivity contribution in [2.45, 2.75) is 25.2 Å². The van der Waals surface area contributed by atoms with Crippen LogP contribution in [0.15, 0.2) is 24.4 Å². The molecule has 5 heteroatoms. The first kappa shape index (κ1) is 16.0. The van der Waals surface area contributed by atoms with E-state index in [1.165, 1.54) is 12.7 Å². The number of esters is 1. The summed E-state index contributed by atoms with van der Waals surface area (Å²) in [6.07, 6.45) is 5.48. The van der Waals surface area contributed by atoms with Crippen molar-refractivity contribution in [3.8, 4) is 0 Å². The molecule has 3 rings (SSSR count). The Kier molecular flexibility index (Phi) is 4.98. The van der Waals surface area contributed by atoms with Crippen LogP contribution in [-0.4, -0.2) is 49.1 Å². The number of nitrogens with zero attached hydrogens (tertiary/aromatic N) is 1. The average molecular weight is 315 g/mol. The standard InChI is InChI=1S/C18H25N3O2/c1-23-18(22)14-3-4-17-15(11-14)16(12-20-17)13-5-9-21(10-6-13)8-2-7-19/h3-4,11-13,20H,2,5-10,19H2,1H3. The van der Waals surface area contributed by atoms with Crippen LogP contribution in [0.25, 0.3) is 10.9 Å².